The lowest BCUT2D eigenvalue weighted by atomic mass is 10.5. The summed E-state index contributed by atoms with van der Waals surface area (Å²) < 4.78 is 14.5. The molecule has 0 bridgehead atoms. The highest BCUT2D eigenvalue weighted by Crippen LogP contribution is 1.80. The Kier molecular flexibility index (Phi) is 10.5. The molecule has 0 heterocycles. The molecule has 7 nitrogen and oxygen atoms in total. The molecule has 0 aliphatic carbocycles. The summed E-state index contributed by atoms with van der Waals surface area (Å²) in [5.74, 6) is -0.484. The Morgan fingerprint density at radius 1 is 1.12 bits per heavy atom. The predicted octanol–water partition coefficient (Wildman–Crippen LogP) is -1.47. The molecule has 0 rings (SSSR count). The zero-order valence-corrected chi connectivity index (χ0v) is 10.3. The number of amides is 1. The van der Waals surface area contributed by atoms with Crippen molar-refractivity contribution in [2.45, 2.75) is 0 Å². The molecule has 0 saturated carbocycles. The smallest absolute Gasteiger partial charge is 0.331 e. The Morgan fingerprint density at radius 3 is 2.47 bits per heavy atom. The molecule has 0 unspecified atom stereocenters. The lowest BCUT2D eigenvalue weighted by Gasteiger charge is -2.06. The van der Waals surface area contributed by atoms with Gasteiger partial charge in [0.1, 0.15) is 6.61 Å². The van der Waals surface area contributed by atoms with E-state index in [1.165, 1.54) is 7.11 Å². The average molecular weight is 248 g/mol. The van der Waals surface area contributed by atoms with Crippen molar-refractivity contribution < 1.29 is 23.8 Å². The number of ether oxygens (including phenoxy) is 3. The van der Waals surface area contributed by atoms with Crippen LogP contribution < -0.4 is 10.6 Å². The van der Waals surface area contributed by atoms with Gasteiger partial charge in [0.2, 0.25) is 5.91 Å². The molecule has 1 amide bonds. The Bertz CT molecular complexity index is 223. The molecule has 0 aromatic carbocycles. The zero-order valence-electron chi connectivity index (χ0n) is 10.3. The van der Waals surface area contributed by atoms with Gasteiger partial charge in [0.15, 0.2) is 0 Å². The van der Waals surface area contributed by atoms with Crippen LogP contribution >= 0.6 is 0 Å². The van der Waals surface area contributed by atoms with Gasteiger partial charge in [-0.25, -0.2) is 4.79 Å². The lowest BCUT2D eigenvalue weighted by Crippen LogP contribution is -2.34. The minimum atomic E-state index is -0.413. The van der Waals surface area contributed by atoms with Crippen molar-refractivity contribution in [1.29, 1.82) is 0 Å². The number of esters is 1. The number of hydrogen-bond donors (Lipinski definition) is 2. The van der Waals surface area contributed by atoms with Crippen molar-refractivity contribution >= 4 is 11.9 Å². The van der Waals surface area contributed by atoms with E-state index in [0.29, 0.717) is 32.9 Å². The molecule has 0 radical (unpaired) electrons. The zero-order chi connectivity index (χ0) is 12.9. The minimum absolute atomic E-state index is 0.0707. The molecule has 2 N–H and O–H groups in total. The average Bonchev–Trinajstić information content (AvgIpc) is 2.32. The number of rotatable bonds is 10. The van der Waals surface area contributed by atoms with Gasteiger partial charge >= 0.3 is 5.97 Å². The summed E-state index contributed by atoms with van der Waals surface area (Å²) in [6, 6.07) is 0. The van der Waals surface area contributed by atoms with E-state index in [4.69, 9.17) is 9.47 Å². The molecule has 0 aliphatic rings. The maximum absolute atomic E-state index is 11.0. The number of hydrogen-bond acceptors (Lipinski definition) is 6. The summed E-state index contributed by atoms with van der Waals surface area (Å²) in [5, 5.41) is 5.40. The van der Waals surface area contributed by atoms with E-state index < -0.39 is 5.97 Å². The molecule has 0 atom stereocenters. The predicted molar refractivity (Wildman–Crippen MR) is 60.6 cm³/mol. The second kappa shape index (κ2) is 11.3. The molecule has 0 aliphatic heterocycles. The number of likely N-dealkylation sites (N-methyl/N-ethyl adjacent to an activating group) is 1. The van der Waals surface area contributed by atoms with Gasteiger partial charge < -0.3 is 24.8 Å². The second-order valence-electron chi connectivity index (χ2n) is 3.12. The fraction of sp³-hybridized carbons (Fsp3) is 0.800. The third-order valence-corrected chi connectivity index (χ3v) is 1.73. The minimum Gasteiger partial charge on any atom is -0.467 e. The molecule has 0 aromatic rings. The second-order valence-corrected chi connectivity index (χ2v) is 3.12. The van der Waals surface area contributed by atoms with Crippen LogP contribution in [0.5, 0.6) is 0 Å². The van der Waals surface area contributed by atoms with E-state index in [9.17, 15) is 9.59 Å². The summed E-state index contributed by atoms with van der Waals surface area (Å²) in [7, 11) is 3.00. The van der Waals surface area contributed by atoms with E-state index in [2.05, 4.69) is 15.4 Å². The highest BCUT2D eigenvalue weighted by Gasteiger charge is 1.99. The first-order valence-electron chi connectivity index (χ1n) is 5.34. The van der Waals surface area contributed by atoms with E-state index >= 15 is 0 Å². The number of carbonyl (C=O) groups is 2. The topological polar surface area (TPSA) is 85.9 Å². The van der Waals surface area contributed by atoms with Crippen molar-refractivity contribution in [3.63, 3.8) is 0 Å². The van der Waals surface area contributed by atoms with Gasteiger partial charge in [-0.3, -0.25) is 4.79 Å². The van der Waals surface area contributed by atoms with Gasteiger partial charge in [0, 0.05) is 6.54 Å². The van der Waals surface area contributed by atoms with Crippen LogP contribution in [-0.2, 0) is 23.8 Å². The highest BCUT2D eigenvalue weighted by atomic mass is 16.6. The van der Waals surface area contributed by atoms with Gasteiger partial charge in [-0.1, -0.05) is 0 Å². The van der Waals surface area contributed by atoms with Crippen molar-refractivity contribution in [2.24, 2.45) is 0 Å². The van der Waals surface area contributed by atoms with Gasteiger partial charge in [0.25, 0.3) is 0 Å². The Morgan fingerprint density at radius 2 is 1.82 bits per heavy atom. The summed E-state index contributed by atoms with van der Waals surface area (Å²) in [4.78, 5) is 21.6. The van der Waals surface area contributed by atoms with Crippen molar-refractivity contribution in [2.75, 3.05) is 53.7 Å². The third kappa shape index (κ3) is 11.1. The molecule has 7 heteroatoms. The maximum atomic E-state index is 11.0. The van der Waals surface area contributed by atoms with Gasteiger partial charge in [-0.05, 0) is 7.05 Å². The van der Waals surface area contributed by atoms with E-state index in [0.717, 1.165) is 0 Å². The fourth-order valence-electron chi connectivity index (χ4n) is 0.920. The molecular weight excluding hydrogens is 228 g/mol. The summed E-state index contributed by atoms with van der Waals surface area (Å²) in [6.45, 7) is 1.79. The van der Waals surface area contributed by atoms with Crippen LogP contribution in [0.3, 0.4) is 0 Å². The molecule has 0 aromatic heterocycles. The van der Waals surface area contributed by atoms with Crippen LogP contribution in [0.2, 0.25) is 0 Å². The van der Waals surface area contributed by atoms with Gasteiger partial charge in [-0.15, -0.1) is 0 Å². The van der Waals surface area contributed by atoms with Crippen molar-refractivity contribution in [3.05, 3.63) is 0 Å². The fourth-order valence-corrected chi connectivity index (χ4v) is 0.920. The van der Waals surface area contributed by atoms with Crippen LogP contribution in [0.15, 0.2) is 0 Å². The first kappa shape index (κ1) is 15.8. The Hall–Kier alpha value is -1.18. The number of carbonyl (C=O) groups excluding carboxylic acids is 2. The number of nitrogens with one attached hydrogen (secondary N) is 2. The van der Waals surface area contributed by atoms with Crippen LogP contribution in [0.25, 0.3) is 0 Å². The lowest BCUT2D eigenvalue weighted by molar-refractivity contribution is -0.146. The van der Waals surface area contributed by atoms with E-state index in [1.54, 1.807) is 7.05 Å². The van der Waals surface area contributed by atoms with Crippen LogP contribution in [0.4, 0.5) is 0 Å². The molecule has 100 valence electrons. The standard InChI is InChI=1S/C10H20N2O5/c1-11-7-9(13)12-3-4-16-5-6-17-8-10(14)15-2/h11H,3-8H2,1-2H3,(H,12,13). The molecule has 0 spiro atoms. The van der Waals surface area contributed by atoms with Gasteiger partial charge in [0.05, 0.1) is 33.5 Å². The quantitative estimate of drug-likeness (QED) is 0.362. The van der Waals surface area contributed by atoms with E-state index in [1.807, 2.05) is 0 Å². The van der Waals surface area contributed by atoms with Crippen molar-refractivity contribution in [3.8, 4) is 0 Å². The SMILES string of the molecule is CNCC(=O)NCCOCCOCC(=O)OC. The van der Waals surface area contributed by atoms with Gasteiger partial charge in [-0.2, -0.15) is 0 Å². The summed E-state index contributed by atoms with van der Waals surface area (Å²) in [6.07, 6.45) is 0. The molecule has 17 heavy (non-hydrogen) atoms. The molecule has 0 saturated heterocycles. The first-order chi connectivity index (χ1) is 8.20. The van der Waals surface area contributed by atoms with Crippen LogP contribution in [-0.4, -0.2) is 65.6 Å². The molecular formula is C10H20N2O5. The Balaban J connectivity index is 3.13. The van der Waals surface area contributed by atoms with Crippen LogP contribution in [0, 0.1) is 0 Å². The Labute approximate surface area is 101 Å². The van der Waals surface area contributed by atoms with Crippen LogP contribution in [0.1, 0.15) is 0 Å². The summed E-state index contributed by atoms with van der Waals surface area (Å²) in [5.41, 5.74) is 0. The summed E-state index contributed by atoms with van der Waals surface area (Å²) >= 11 is 0. The van der Waals surface area contributed by atoms with E-state index in [-0.39, 0.29) is 12.5 Å². The monoisotopic (exact) mass is 248 g/mol. The maximum Gasteiger partial charge on any atom is 0.331 e. The largest absolute Gasteiger partial charge is 0.467 e. The number of methoxy groups -OCH3 is 1. The molecule has 0 fully saturated rings. The normalized spacial score (nSPS) is 10.0. The van der Waals surface area contributed by atoms with Crippen molar-refractivity contribution in [1.82, 2.24) is 10.6 Å². The first-order valence-corrected chi connectivity index (χ1v) is 5.34. The third-order valence-electron chi connectivity index (χ3n) is 1.73. The highest BCUT2D eigenvalue weighted by molar-refractivity contribution is 5.77.